The average molecular weight is 375 g/mol. The van der Waals surface area contributed by atoms with E-state index >= 15 is 0 Å². The van der Waals surface area contributed by atoms with Gasteiger partial charge in [0.25, 0.3) is 5.91 Å². The molecule has 1 aliphatic rings. The topological polar surface area (TPSA) is 51.2 Å². The van der Waals surface area contributed by atoms with Gasteiger partial charge in [0.15, 0.2) is 0 Å². The second-order valence-corrected chi connectivity index (χ2v) is 6.66. The van der Waals surface area contributed by atoms with Gasteiger partial charge in [-0.2, -0.15) is 0 Å². The number of hydrogen-bond donors (Lipinski definition) is 1. The molecule has 1 aromatic heterocycles. The number of rotatable bonds is 4. The number of nitrogens with one attached hydrogen (secondary N) is 1. The van der Waals surface area contributed by atoms with Crippen molar-refractivity contribution >= 4 is 21.8 Å². The number of benzene rings is 1. The molecule has 1 saturated carbocycles. The van der Waals surface area contributed by atoms with Crippen LogP contribution in [0.1, 0.15) is 36.0 Å². The summed E-state index contributed by atoms with van der Waals surface area (Å²) in [5.74, 6) is 0.662. The smallest absolute Gasteiger partial charge is 0.251 e. The van der Waals surface area contributed by atoms with Crippen molar-refractivity contribution in [3.05, 3.63) is 58.7 Å². The fourth-order valence-corrected chi connectivity index (χ4v) is 3.21. The molecular formula is C18H19BrN2O2. The fraction of sp³-hybridized carbons (Fsp3) is 0.333. The summed E-state index contributed by atoms with van der Waals surface area (Å²) in [6.07, 6.45) is 5.64. The third-order valence-electron chi connectivity index (χ3n) is 4.02. The van der Waals surface area contributed by atoms with Crippen LogP contribution in [0.4, 0.5) is 0 Å². The predicted molar refractivity (Wildman–Crippen MR) is 92.5 cm³/mol. The lowest BCUT2D eigenvalue weighted by molar-refractivity contribution is 0.0890. The number of amides is 1. The Balaban J connectivity index is 1.48. The van der Waals surface area contributed by atoms with E-state index in [1.165, 1.54) is 0 Å². The van der Waals surface area contributed by atoms with E-state index in [0.29, 0.717) is 11.4 Å². The molecule has 4 nitrogen and oxygen atoms in total. The number of aromatic nitrogens is 1. The zero-order valence-corrected chi connectivity index (χ0v) is 14.3. The van der Waals surface area contributed by atoms with Gasteiger partial charge in [0.05, 0.1) is 0 Å². The van der Waals surface area contributed by atoms with Crippen LogP contribution in [0.5, 0.6) is 5.88 Å². The summed E-state index contributed by atoms with van der Waals surface area (Å²) in [5.41, 5.74) is 0.686. The van der Waals surface area contributed by atoms with Crippen LogP contribution in [0.2, 0.25) is 0 Å². The summed E-state index contributed by atoms with van der Waals surface area (Å²) >= 11 is 3.39. The van der Waals surface area contributed by atoms with Gasteiger partial charge in [0.1, 0.15) is 6.10 Å². The molecule has 1 N–H and O–H groups in total. The minimum absolute atomic E-state index is 0.0135. The minimum Gasteiger partial charge on any atom is -0.474 e. The number of halogens is 1. The van der Waals surface area contributed by atoms with Gasteiger partial charge < -0.3 is 10.1 Å². The first-order valence-corrected chi connectivity index (χ1v) is 8.64. The van der Waals surface area contributed by atoms with Gasteiger partial charge in [0.2, 0.25) is 5.88 Å². The molecule has 0 saturated heterocycles. The highest BCUT2D eigenvalue weighted by Crippen LogP contribution is 2.23. The lowest BCUT2D eigenvalue weighted by Gasteiger charge is -2.29. The Labute approximate surface area is 144 Å². The summed E-state index contributed by atoms with van der Waals surface area (Å²) in [4.78, 5) is 16.5. The molecule has 0 radical (unpaired) electrons. The fourth-order valence-electron chi connectivity index (χ4n) is 2.81. The van der Waals surface area contributed by atoms with Crippen molar-refractivity contribution < 1.29 is 9.53 Å². The van der Waals surface area contributed by atoms with Crippen LogP contribution in [0.15, 0.2) is 53.1 Å². The van der Waals surface area contributed by atoms with Crippen molar-refractivity contribution in [2.45, 2.75) is 37.8 Å². The molecule has 1 amide bonds. The lowest BCUT2D eigenvalue weighted by Crippen LogP contribution is -2.39. The van der Waals surface area contributed by atoms with E-state index in [1.807, 2.05) is 42.5 Å². The molecule has 1 heterocycles. The van der Waals surface area contributed by atoms with Crippen molar-refractivity contribution in [1.82, 2.24) is 10.3 Å². The van der Waals surface area contributed by atoms with Crippen molar-refractivity contribution in [2.24, 2.45) is 0 Å². The van der Waals surface area contributed by atoms with Crippen LogP contribution in [-0.4, -0.2) is 23.0 Å². The monoisotopic (exact) mass is 374 g/mol. The van der Waals surface area contributed by atoms with Crippen molar-refractivity contribution in [3.8, 4) is 5.88 Å². The first-order chi connectivity index (χ1) is 11.2. The molecule has 120 valence electrons. The predicted octanol–water partition coefficient (Wildman–Crippen LogP) is 3.96. The van der Waals surface area contributed by atoms with Crippen LogP contribution in [0.25, 0.3) is 0 Å². The number of nitrogens with zero attached hydrogens (tertiary/aromatic N) is 1. The summed E-state index contributed by atoms with van der Waals surface area (Å²) < 4.78 is 6.79. The second kappa shape index (κ2) is 7.59. The van der Waals surface area contributed by atoms with Crippen molar-refractivity contribution in [3.63, 3.8) is 0 Å². The molecule has 0 bridgehead atoms. The first kappa shape index (κ1) is 16.0. The molecular weight excluding hydrogens is 356 g/mol. The Morgan fingerprint density at radius 3 is 2.65 bits per heavy atom. The number of hydrogen-bond acceptors (Lipinski definition) is 3. The number of carbonyl (C=O) groups is 1. The van der Waals surface area contributed by atoms with Crippen LogP contribution in [-0.2, 0) is 0 Å². The Kier molecular flexibility index (Phi) is 5.28. The molecule has 0 atom stereocenters. The van der Waals surface area contributed by atoms with Crippen LogP contribution in [0.3, 0.4) is 0 Å². The van der Waals surface area contributed by atoms with Crippen LogP contribution < -0.4 is 10.1 Å². The number of carbonyl (C=O) groups excluding carboxylic acids is 1. The molecule has 0 aliphatic heterocycles. The highest BCUT2D eigenvalue weighted by molar-refractivity contribution is 9.10. The lowest BCUT2D eigenvalue weighted by atomic mass is 9.92. The van der Waals surface area contributed by atoms with Crippen molar-refractivity contribution in [2.75, 3.05) is 0 Å². The van der Waals surface area contributed by atoms with E-state index in [4.69, 9.17) is 4.74 Å². The molecule has 1 fully saturated rings. The van der Waals surface area contributed by atoms with Gasteiger partial charge >= 0.3 is 0 Å². The van der Waals surface area contributed by atoms with E-state index in [1.54, 1.807) is 6.20 Å². The minimum atomic E-state index is -0.0135. The highest BCUT2D eigenvalue weighted by Gasteiger charge is 2.24. The molecule has 5 heteroatoms. The summed E-state index contributed by atoms with van der Waals surface area (Å²) in [6.45, 7) is 0. The van der Waals surface area contributed by atoms with E-state index in [9.17, 15) is 4.79 Å². The van der Waals surface area contributed by atoms with Gasteiger partial charge in [0, 0.05) is 28.3 Å². The van der Waals surface area contributed by atoms with Gasteiger partial charge in [-0.25, -0.2) is 4.98 Å². The Hall–Kier alpha value is -1.88. The van der Waals surface area contributed by atoms with Crippen LogP contribution >= 0.6 is 15.9 Å². The molecule has 0 unspecified atom stereocenters. The van der Waals surface area contributed by atoms with Gasteiger partial charge in [-0.3, -0.25) is 4.79 Å². The van der Waals surface area contributed by atoms with Gasteiger partial charge in [-0.1, -0.05) is 28.1 Å². The molecule has 1 aliphatic carbocycles. The molecule has 3 rings (SSSR count). The summed E-state index contributed by atoms with van der Waals surface area (Å²) in [6, 6.07) is 13.3. The maximum Gasteiger partial charge on any atom is 0.251 e. The second-order valence-electron chi connectivity index (χ2n) is 5.74. The molecule has 0 spiro atoms. The summed E-state index contributed by atoms with van der Waals surface area (Å²) in [7, 11) is 0. The Bertz CT molecular complexity index is 655. The summed E-state index contributed by atoms with van der Waals surface area (Å²) in [5, 5.41) is 3.12. The van der Waals surface area contributed by atoms with Gasteiger partial charge in [-0.15, -0.1) is 0 Å². The van der Waals surface area contributed by atoms with E-state index in [2.05, 4.69) is 26.2 Å². The van der Waals surface area contributed by atoms with Crippen molar-refractivity contribution in [1.29, 1.82) is 0 Å². The van der Waals surface area contributed by atoms with E-state index in [0.717, 1.165) is 30.2 Å². The van der Waals surface area contributed by atoms with E-state index in [-0.39, 0.29) is 18.1 Å². The Morgan fingerprint density at radius 1 is 1.13 bits per heavy atom. The van der Waals surface area contributed by atoms with Gasteiger partial charge in [-0.05, 0) is 49.9 Å². The first-order valence-electron chi connectivity index (χ1n) is 7.85. The maximum atomic E-state index is 12.3. The zero-order valence-electron chi connectivity index (χ0n) is 12.7. The van der Waals surface area contributed by atoms with Crippen LogP contribution in [0, 0.1) is 0 Å². The average Bonchev–Trinajstić information content (AvgIpc) is 2.57. The third kappa shape index (κ3) is 4.55. The Morgan fingerprint density at radius 2 is 1.96 bits per heavy atom. The number of pyridine rings is 1. The highest BCUT2D eigenvalue weighted by atomic mass is 79.9. The van der Waals surface area contributed by atoms with E-state index < -0.39 is 0 Å². The molecule has 23 heavy (non-hydrogen) atoms. The maximum absolute atomic E-state index is 12.3. The molecule has 1 aromatic carbocycles. The SMILES string of the molecule is O=C(NC1CCC(Oc2ccccn2)CC1)c1cccc(Br)c1. The number of ether oxygens (including phenoxy) is 1. The normalized spacial score (nSPS) is 20.7. The molecule has 2 aromatic rings. The standard InChI is InChI=1S/C18H19BrN2O2/c19-14-5-3-4-13(12-14)18(22)21-15-7-9-16(10-8-15)23-17-6-1-2-11-20-17/h1-6,11-12,15-16H,7-10H2,(H,21,22). The third-order valence-corrected chi connectivity index (χ3v) is 4.51. The largest absolute Gasteiger partial charge is 0.474 e. The quantitative estimate of drug-likeness (QED) is 0.880. The zero-order chi connectivity index (χ0) is 16.1.